The molecule has 0 saturated carbocycles. The van der Waals surface area contributed by atoms with Gasteiger partial charge in [0.2, 0.25) is 0 Å². The molecule has 154 valence electrons. The van der Waals surface area contributed by atoms with Gasteiger partial charge in [0.05, 0.1) is 16.6 Å². The van der Waals surface area contributed by atoms with Crippen molar-refractivity contribution in [2.75, 3.05) is 0 Å². The molecule has 0 aliphatic rings. The predicted octanol–water partition coefficient (Wildman–Crippen LogP) is 6.63. The van der Waals surface area contributed by atoms with Crippen molar-refractivity contribution >= 4 is 21.8 Å². The maximum absolute atomic E-state index is 14.0. The van der Waals surface area contributed by atoms with Gasteiger partial charge in [0.15, 0.2) is 0 Å². The lowest BCUT2D eigenvalue weighted by atomic mass is 9.96. The molecule has 0 spiro atoms. The van der Waals surface area contributed by atoms with Crippen molar-refractivity contribution in [1.82, 2.24) is 9.13 Å². The highest BCUT2D eigenvalue weighted by molar-refractivity contribution is 6.14. The van der Waals surface area contributed by atoms with E-state index in [1.165, 1.54) is 0 Å². The molecule has 0 aliphatic heterocycles. The van der Waals surface area contributed by atoms with Crippen molar-refractivity contribution in [2.24, 2.45) is 7.05 Å². The highest BCUT2D eigenvalue weighted by Crippen LogP contribution is 2.40. The van der Waals surface area contributed by atoms with E-state index in [1.807, 2.05) is 41.0 Å². The van der Waals surface area contributed by atoms with E-state index in [-0.39, 0.29) is 5.56 Å². The van der Waals surface area contributed by atoms with Gasteiger partial charge < -0.3 is 9.13 Å². The van der Waals surface area contributed by atoms with Crippen molar-refractivity contribution in [1.29, 1.82) is 0 Å². The third kappa shape index (κ3) is 3.09. The summed E-state index contributed by atoms with van der Waals surface area (Å²) in [6.45, 7) is 2.88. The van der Waals surface area contributed by atoms with Gasteiger partial charge in [-0.25, -0.2) is 0 Å². The first kappa shape index (κ1) is 19.4. The normalized spacial score (nSPS) is 11.4. The molecule has 0 saturated heterocycles. The average molecular weight is 407 g/mol. The maximum Gasteiger partial charge on any atom is 0.261 e. The highest BCUT2D eigenvalue weighted by Gasteiger charge is 2.23. The molecule has 0 amide bonds. The van der Waals surface area contributed by atoms with Gasteiger partial charge in [0.1, 0.15) is 0 Å². The summed E-state index contributed by atoms with van der Waals surface area (Å²) in [5.41, 5.74) is 6.51. The van der Waals surface area contributed by atoms with E-state index in [0.29, 0.717) is 6.54 Å². The van der Waals surface area contributed by atoms with Crippen LogP contribution in [0, 0.1) is 0 Å². The number of para-hydroxylation sites is 1. The van der Waals surface area contributed by atoms with Crippen molar-refractivity contribution in [2.45, 2.75) is 26.3 Å². The molecule has 2 heterocycles. The van der Waals surface area contributed by atoms with Crippen LogP contribution >= 0.6 is 0 Å². The van der Waals surface area contributed by atoms with Gasteiger partial charge in [0, 0.05) is 30.1 Å². The molecule has 3 heteroatoms. The van der Waals surface area contributed by atoms with Crippen LogP contribution in [0.1, 0.15) is 19.8 Å². The number of unbranched alkanes of at least 4 members (excludes halogenated alkanes) is 1. The SMILES string of the molecule is CCCCn1c(-c2ccccc2)c(-c2ccccc2)c2c(c1=O)c1ccccc1n2C. The van der Waals surface area contributed by atoms with E-state index in [1.54, 1.807) is 0 Å². The van der Waals surface area contributed by atoms with Crippen LogP contribution < -0.4 is 5.56 Å². The molecule has 5 aromatic rings. The number of aromatic nitrogens is 2. The van der Waals surface area contributed by atoms with Crippen LogP contribution in [-0.2, 0) is 13.6 Å². The monoisotopic (exact) mass is 406 g/mol. The number of hydrogen-bond acceptors (Lipinski definition) is 1. The predicted molar refractivity (Wildman–Crippen MR) is 130 cm³/mol. The Balaban J connectivity index is 2.05. The van der Waals surface area contributed by atoms with E-state index in [9.17, 15) is 4.79 Å². The second-order valence-electron chi connectivity index (χ2n) is 8.07. The van der Waals surface area contributed by atoms with Crippen LogP contribution in [0.15, 0.2) is 89.7 Å². The molecule has 0 aliphatic carbocycles. The summed E-state index contributed by atoms with van der Waals surface area (Å²) in [5, 5.41) is 1.83. The number of rotatable bonds is 5. The number of aryl methyl sites for hydroxylation is 1. The molecule has 0 fully saturated rings. The molecule has 3 nitrogen and oxygen atoms in total. The Morgan fingerprint density at radius 2 is 1.39 bits per heavy atom. The number of benzene rings is 3. The van der Waals surface area contributed by atoms with Crippen LogP contribution in [0.25, 0.3) is 44.2 Å². The standard InChI is InChI=1S/C28H26N2O/c1-3-4-19-30-26(21-15-9-6-10-16-21)24(20-13-7-5-8-14-20)27-25(28(30)31)22-17-11-12-18-23(22)29(27)2/h5-18H,3-4,19H2,1-2H3. The molecule has 31 heavy (non-hydrogen) atoms. The average Bonchev–Trinajstić information content (AvgIpc) is 3.12. The summed E-state index contributed by atoms with van der Waals surface area (Å²) in [6.07, 6.45) is 2.00. The smallest absolute Gasteiger partial charge is 0.261 e. The molecule has 3 aromatic carbocycles. The Morgan fingerprint density at radius 1 is 0.774 bits per heavy atom. The van der Waals surface area contributed by atoms with Gasteiger partial charge in [-0.2, -0.15) is 0 Å². The third-order valence-electron chi connectivity index (χ3n) is 6.15. The Kier molecular flexibility index (Phi) is 4.95. The molecule has 5 rings (SSSR count). The quantitative estimate of drug-likeness (QED) is 0.322. The van der Waals surface area contributed by atoms with Crippen LogP contribution in [0.3, 0.4) is 0 Å². The molecule has 0 N–H and O–H groups in total. The zero-order chi connectivity index (χ0) is 21.4. The molecule has 0 atom stereocenters. The van der Waals surface area contributed by atoms with Gasteiger partial charge in [-0.3, -0.25) is 4.79 Å². The second-order valence-corrected chi connectivity index (χ2v) is 8.07. The lowest BCUT2D eigenvalue weighted by Crippen LogP contribution is -2.23. The molecule has 0 bridgehead atoms. The zero-order valence-corrected chi connectivity index (χ0v) is 18.0. The lowest BCUT2D eigenvalue weighted by molar-refractivity contribution is 0.623. The largest absolute Gasteiger partial charge is 0.343 e. The first-order valence-corrected chi connectivity index (χ1v) is 11.0. The van der Waals surface area contributed by atoms with E-state index < -0.39 is 0 Å². The van der Waals surface area contributed by atoms with Crippen molar-refractivity contribution in [3.8, 4) is 22.4 Å². The van der Waals surface area contributed by atoms with Gasteiger partial charge in [-0.05, 0) is 23.6 Å². The fraction of sp³-hybridized carbons (Fsp3) is 0.179. The fourth-order valence-electron chi connectivity index (χ4n) is 4.69. The van der Waals surface area contributed by atoms with Crippen molar-refractivity contribution in [3.05, 3.63) is 95.3 Å². The first-order valence-electron chi connectivity index (χ1n) is 11.0. The van der Waals surface area contributed by atoms with Crippen LogP contribution in [0.4, 0.5) is 0 Å². The Hall–Kier alpha value is -3.59. The van der Waals surface area contributed by atoms with Crippen LogP contribution in [-0.4, -0.2) is 9.13 Å². The molecule has 0 unspecified atom stereocenters. The first-order chi connectivity index (χ1) is 15.2. The Labute approximate surface area is 182 Å². The third-order valence-corrected chi connectivity index (χ3v) is 6.15. The van der Waals surface area contributed by atoms with E-state index >= 15 is 0 Å². The zero-order valence-electron chi connectivity index (χ0n) is 18.0. The highest BCUT2D eigenvalue weighted by atomic mass is 16.1. The van der Waals surface area contributed by atoms with Crippen molar-refractivity contribution in [3.63, 3.8) is 0 Å². The minimum atomic E-state index is 0.0961. The van der Waals surface area contributed by atoms with Gasteiger partial charge in [-0.15, -0.1) is 0 Å². The van der Waals surface area contributed by atoms with Gasteiger partial charge in [0.25, 0.3) is 5.56 Å². The summed E-state index contributed by atoms with van der Waals surface area (Å²) < 4.78 is 4.20. The fourth-order valence-corrected chi connectivity index (χ4v) is 4.69. The van der Waals surface area contributed by atoms with E-state index in [4.69, 9.17) is 0 Å². The van der Waals surface area contributed by atoms with Crippen LogP contribution in [0.2, 0.25) is 0 Å². The summed E-state index contributed by atoms with van der Waals surface area (Å²) in [5.74, 6) is 0. The number of pyridine rings is 1. The van der Waals surface area contributed by atoms with E-state index in [2.05, 4.69) is 67.1 Å². The molecular weight excluding hydrogens is 380 g/mol. The summed E-state index contributed by atoms with van der Waals surface area (Å²) in [7, 11) is 2.07. The molecule has 2 aromatic heterocycles. The topological polar surface area (TPSA) is 26.9 Å². The Bertz CT molecular complexity index is 1430. The summed E-state index contributed by atoms with van der Waals surface area (Å²) >= 11 is 0. The number of hydrogen-bond donors (Lipinski definition) is 0. The molecular formula is C28H26N2O. The summed E-state index contributed by atoms with van der Waals surface area (Å²) in [6, 6.07) is 29.0. The number of nitrogens with zero attached hydrogens (tertiary/aromatic N) is 2. The lowest BCUT2D eigenvalue weighted by Gasteiger charge is -2.20. The van der Waals surface area contributed by atoms with Gasteiger partial charge in [-0.1, -0.05) is 92.2 Å². The van der Waals surface area contributed by atoms with Crippen molar-refractivity contribution < 1.29 is 0 Å². The summed E-state index contributed by atoms with van der Waals surface area (Å²) in [4.78, 5) is 14.0. The maximum atomic E-state index is 14.0. The number of fused-ring (bicyclic) bond motifs is 3. The molecule has 0 radical (unpaired) electrons. The Morgan fingerprint density at radius 3 is 2.06 bits per heavy atom. The minimum Gasteiger partial charge on any atom is -0.343 e. The van der Waals surface area contributed by atoms with Crippen LogP contribution in [0.5, 0.6) is 0 Å². The van der Waals surface area contributed by atoms with Gasteiger partial charge >= 0.3 is 0 Å². The minimum absolute atomic E-state index is 0.0961. The second kappa shape index (κ2) is 7.92. The van der Waals surface area contributed by atoms with E-state index in [0.717, 1.165) is 57.0 Å².